The van der Waals surface area contributed by atoms with E-state index in [1.807, 2.05) is 38.1 Å². The fourth-order valence-electron chi connectivity index (χ4n) is 1.28. The third-order valence-electron chi connectivity index (χ3n) is 2.45. The molecule has 4 nitrogen and oxygen atoms in total. The van der Waals surface area contributed by atoms with Gasteiger partial charge in [-0.1, -0.05) is 29.4 Å². The molecule has 1 aromatic rings. The molecule has 0 bridgehead atoms. The number of ether oxygens (including phenoxy) is 1. The smallest absolute Gasteiger partial charge is 0.0871 e. The van der Waals surface area contributed by atoms with Crippen molar-refractivity contribution in [1.82, 2.24) is 0 Å². The highest BCUT2D eigenvalue weighted by Gasteiger charge is 2.18. The van der Waals surface area contributed by atoms with Gasteiger partial charge in [0.15, 0.2) is 0 Å². The molecule has 0 radical (unpaired) electrons. The van der Waals surface area contributed by atoms with Gasteiger partial charge in [-0.15, -0.1) is 0 Å². The molecule has 0 saturated heterocycles. The molecule has 80 valence electrons. The number of hydrogen-bond acceptors (Lipinski definition) is 2. The van der Waals surface area contributed by atoms with Crippen molar-refractivity contribution < 1.29 is 4.74 Å². The molecule has 0 aliphatic heterocycles. The lowest BCUT2D eigenvalue weighted by atomic mass is 9.96. The van der Waals surface area contributed by atoms with Gasteiger partial charge in [0.2, 0.25) is 0 Å². The predicted molar refractivity (Wildman–Crippen MR) is 59.3 cm³/mol. The largest absolute Gasteiger partial charge is 0.374 e. The van der Waals surface area contributed by atoms with Crippen molar-refractivity contribution in [2.24, 2.45) is 5.11 Å². The van der Waals surface area contributed by atoms with Gasteiger partial charge < -0.3 is 4.74 Å². The Labute approximate surface area is 89.5 Å². The molecule has 0 saturated carbocycles. The molecule has 0 aromatic heterocycles. The van der Waals surface area contributed by atoms with Crippen LogP contribution in [0.2, 0.25) is 0 Å². The van der Waals surface area contributed by atoms with Crippen LogP contribution < -0.4 is 0 Å². The zero-order valence-corrected chi connectivity index (χ0v) is 9.27. The average Bonchev–Trinajstić information content (AvgIpc) is 2.27. The van der Waals surface area contributed by atoms with Gasteiger partial charge in [0.05, 0.1) is 12.1 Å². The van der Waals surface area contributed by atoms with Crippen LogP contribution in [-0.2, 0) is 16.9 Å². The Hall–Kier alpha value is -1.51. The van der Waals surface area contributed by atoms with Crippen LogP contribution in [0.25, 0.3) is 10.4 Å². The summed E-state index contributed by atoms with van der Waals surface area (Å²) in [6.07, 6.45) is 0. The number of benzene rings is 1. The van der Waals surface area contributed by atoms with Crippen molar-refractivity contribution in [2.45, 2.75) is 26.0 Å². The number of nitrogens with zero attached hydrogens (tertiary/aromatic N) is 3. The predicted octanol–water partition coefficient (Wildman–Crippen LogP) is 3.38. The summed E-state index contributed by atoms with van der Waals surface area (Å²) in [6.45, 7) is 4.38. The first-order valence-corrected chi connectivity index (χ1v) is 4.75. The van der Waals surface area contributed by atoms with Crippen molar-refractivity contribution in [1.29, 1.82) is 0 Å². The highest BCUT2D eigenvalue weighted by Crippen LogP contribution is 2.24. The van der Waals surface area contributed by atoms with E-state index in [0.717, 1.165) is 11.1 Å². The second-order valence-electron chi connectivity index (χ2n) is 3.80. The summed E-state index contributed by atoms with van der Waals surface area (Å²) < 4.78 is 5.38. The minimum Gasteiger partial charge on any atom is -0.374 e. The summed E-state index contributed by atoms with van der Waals surface area (Å²) in [4.78, 5) is 2.74. The zero-order valence-electron chi connectivity index (χ0n) is 9.27. The maximum absolute atomic E-state index is 8.24. The van der Waals surface area contributed by atoms with Gasteiger partial charge in [-0.3, -0.25) is 0 Å². The number of rotatable bonds is 4. The van der Waals surface area contributed by atoms with Gasteiger partial charge in [-0.25, -0.2) is 0 Å². The fraction of sp³-hybridized carbons (Fsp3) is 0.455. The third-order valence-corrected chi connectivity index (χ3v) is 2.45. The molecule has 0 aliphatic rings. The highest BCUT2D eigenvalue weighted by molar-refractivity contribution is 5.27. The molecule has 0 aliphatic carbocycles. The Morgan fingerprint density at radius 3 is 2.80 bits per heavy atom. The Kier molecular flexibility index (Phi) is 3.72. The van der Waals surface area contributed by atoms with E-state index in [4.69, 9.17) is 10.3 Å². The summed E-state index contributed by atoms with van der Waals surface area (Å²) in [5.41, 5.74) is 10.00. The van der Waals surface area contributed by atoms with Gasteiger partial charge >= 0.3 is 0 Å². The van der Waals surface area contributed by atoms with Crippen LogP contribution in [0.1, 0.15) is 25.0 Å². The number of azide groups is 1. The molecular weight excluding hydrogens is 190 g/mol. The molecule has 15 heavy (non-hydrogen) atoms. The first-order valence-electron chi connectivity index (χ1n) is 4.75. The molecule has 4 heteroatoms. The van der Waals surface area contributed by atoms with Crippen LogP contribution in [0.15, 0.2) is 29.4 Å². The van der Waals surface area contributed by atoms with Crippen molar-refractivity contribution in [3.63, 3.8) is 0 Å². The quantitative estimate of drug-likeness (QED) is 0.422. The van der Waals surface area contributed by atoms with Crippen LogP contribution in [0.5, 0.6) is 0 Å². The van der Waals surface area contributed by atoms with E-state index in [9.17, 15) is 0 Å². The summed E-state index contributed by atoms with van der Waals surface area (Å²) in [6, 6.07) is 7.88. The molecule has 0 fully saturated rings. The maximum atomic E-state index is 8.24. The Balaban J connectivity index is 2.96. The summed E-state index contributed by atoms with van der Waals surface area (Å²) in [5, 5.41) is 3.53. The minimum absolute atomic E-state index is 0.313. The summed E-state index contributed by atoms with van der Waals surface area (Å²) >= 11 is 0. The van der Waals surface area contributed by atoms with E-state index in [-0.39, 0.29) is 5.60 Å². The van der Waals surface area contributed by atoms with Gasteiger partial charge in [-0.05, 0) is 30.5 Å². The van der Waals surface area contributed by atoms with E-state index >= 15 is 0 Å². The van der Waals surface area contributed by atoms with Gasteiger partial charge in [0.25, 0.3) is 0 Å². The zero-order chi connectivity index (χ0) is 11.3. The first kappa shape index (κ1) is 11.6. The third kappa shape index (κ3) is 2.98. The molecular formula is C11H15N3O. The van der Waals surface area contributed by atoms with Gasteiger partial charge in [0.1, 0.15) is 0 Å². The Morgan fingerprint density at radius 2 is 2.20 bits per heavy atom. The van der Waals surface area contributed by atoms with E-state index in [1.165, 1.54) is 0 Å². The lowest BCUT2D eigenvalue weighted by Gasteiger charge is -2.23. The van der Waals surface area contributed by atoms with E-state index < -0.39 is 0 Å². The lowest BCUT2D eigenvalue weighted by Crippen LogP contribution is -2.19. The SMILES string of the molecule is COC(C)(C)c1cccc(CN=[N+]=[N-])c1. The first-order chi connectivity index (χ1) is 7.10. The van der Waals surface area contributed by atoms with Crippen molar-refractivity contribution in [2.75, 3.05) is 7.11 Å². The monoisotopic (exact) mass is 205 g/mol. The van der Waals surface area contributed by atoms with Crippen LogP contribution in [0.3, 0.4) is 0 Å². The molecule has 0 heterocycles. The summed E-state index contributed by atoms with van der Waals surface area (Å²) in [7, 11) is 1.68. The van der Waals surface area contributed by atoms with Crippen molar-refractivity contribution >= 4 is 0 Å². The molecule has 1 aromatic carbocycles. The van der Waals surface area contributed by atoms with Crippen LogP contribution in [0.4, 0.5) is 0 Å². The molecule has 0 amide bonds. The minimum atomic E-state index is -0.313. The fourth-order valence-corrected chi connectivity index (χ4v) is 1.28. The van der Waals surface area contributed by atoms with Crippen LogP contribution >= 0.6 is 0 Å². The van der Waals surface area contributed by atoms with E-state index in [2.05, 4.69) is 10.0 Å². The van der Waals surface area contributed by atoms with Gasteiger partial charge in [-0.2, -0.15) is 0 Å². The van der Waals surface area contributed by atoms with E-state index in [1.54, 1.807) is 7.11 Å². The van der Waals surface area contributed by atoms with Crippen LogP contribution in [-0.4, -0.2) is 7.11 Å². The van der Waals surface area contributed by atoms with Crippen molar-refractivity contribution in [3.05, 3.63) is 45.8 Å². The highest BCUT2D eigenvalue weighted by atomic mass is 16.5. The summed E-state index contributed by atoms with van der Waals surface area (Å²) in [5.74, 6) is 0. The average molecular weight is 205 g/mol. The molecule has 0 atom stereocenters. The molecule has 0 unspecified atom stereocenters. The molecule has 0 N–H and O–H groups in total. The maximum Gasteiger partial charge on any atom is 0.0871 e. The second-order valence-corrected chi connectivity index (χ2v) is 3.80. The Bertz CT molecular complexity index is 381. The Morgan fingerprint density at radius 1 is 1.47 bits per heavy atom. The second kappa shape index (κ2) is 4.82. The van der Waals surface area contributed by atoms with Crippen molar-refractivity contribution in [3.8, 4) is 0 Å². The van der Waals surface area contributed by atoms with Gasteiger partial charge in [0, 0.05) is 12.0 Å². The number of hydrogen-bond donors (Lipinski definition) is 0. The lowest BCUT2D eigenvalue weighted by molar-refractivity contribution is 0.0191. The molecule has 0 spiro atoms. The van der Waals surface area contributed by atoms with Crippen LogP contribution in [0, 0.1) is 0 Å². The standard InChI is InChI=1S/C11H15N3O/c1-11(2,15-3)10-6-4-5-9(7-10)8-13-14-12/h4-7H,8H2,1-3H3. The van der Waals surface area contributed by atoms with E-state index in [0.29, 0.717) is 6.54 Å². The normalized spacial score (nSPS) is 10.9. The number of methoxy groups -OCH3 is 1. The topological polar surface area (TPSA) is 58.0 Å². The molecule has 1 rings (SSSR count).